The van der Waals surface area contributed by atoms with Crippen molar-refractivity contribution < 1.29 is 4.52 Å². The van der Waals surface area contributed by atoms with Crippen LogP contribution in [-0.2, 0) is 6.42 Å². The zero-order valence-electron chi connectivity index (χ0n) is 9.26. The minimum absolute atomic E-state index is 0. The molecule has 0 saturated carbocycles. The van der Waals surface area contributed by atoms with Gasteiger partial charge in [0.05, 0.1) is 6.04 Å². The minimum atomic E-state index is 0. The summed E-state index contributed by atoms with van der Waals surface area (Å²) in [5.41, 5.74) is 5.42. The van der Waals surface area contributed by atoms with Crippen LogP contribution in [0.25, 0.3) is 0 Å². The van der Waals surface area contributed by atoms with E-state index in [0.717, 1.165) is 24.7 Å². The second-order valence-corrected chi connectivity index (χ2v) is 3.73. The van der Waals surface area contributed by atoms with Crippen LogP contribution in [0.15, 0.2) is 4.52 Å². The first-order valence-electron chi connectivity index (χ1n) is 5.04. The smallest absolute Gasteiger partial charge is 0.243 e. The lowest BCUT2D eigenvalue weighted by Crippen LogP contribution is -2.17. The molecule has 2 N–H and O–H groups in total. The molecule has 1 aromatic heterocycles. The van der Waals surface area contributed by atoms with Crippen molar-refractivity contribution in [3.63, 3.8) is 0 Å². The number of hydrogen-bond donors (Lipinski definition) is 1. The van der Waals surface area contributed by atoms with Gasteiger partial charge in [-0.05, 0) is 33.0 Å². The van der Waals surface area contributed by atoms with Crippen molar-refractivity contribution in [2.75, 3.05) is 20.1 Å². The predicted octanol–water partition coefficient (Wildman–Crippen LogP) is 1.18. The van der Waals surface area contributed by atoms with Crippen LogP contribution >= 0.6 is 24.8 Å². The highest BCUT2D eigenvalue weighted by molar-refractivity contribution is 5.85. The average molecular weight is 269 g/mol. The third-order valence-electron chi connectivity index (χ3n) is 2.66. The summed E-state index contributed by atoms with van der Waals surface area (Å²) < 4.78 is 5.21. The van der Waals surface area contributed by atoms with Crippen molar-refractivity contribution in [1.29, 1.82) is 0 Å². The summed E-state index contributed by atoms with van der Waals surface area (Å²) >= 11 is 0. The van der Waals surface area contributed by atoms with Gasteiger partial charge in [-0.1, -0.05) is 5.16 Å². The molecular weight excluding hydrogens is 251 g/mol. The molecule has 1 aliphatic rings. The molecule has 0 amide bonds. The lowest BCUT2D eigenvalue weighted by Gasteiger charge is -2.14. The second-order valence-electron chi connectivity index (χ2n) is 3.73. The Hall–Kier alpha value is -0.360. The van der Waals surface area contributed by atoms with Gasteiger partial charge in [-0.3, -0.25) is 4.90 Å². The lowest BCUT2D eigenvalue weighted by molar-refractivity contribution is 0.244. The summed E-state index contributed by atoms with van der Waals surface area (Å²) in [7, 11) is 2.09. The number of likely N-dealkylation sites (tertiary alicyclic amines) is 1. The number of halogens is 2. The summed E-state index contributed by atoms with van der Waals surface area (Å²) in [5.74, 6) is 1.47. The van der Waals surface area contributed by atoms with Gasteiger partial charge in [-0.15, -0.1) is 24.8 Å². The highest BCUT2D eigenvalue weighted by atomic mass is 35.5. The van der Waals surface area contributed by atoms with E-state index in [1.807, 2.05) is 0 Å². The van der Waals surface area contributed by atoms with Gasteiger partial charge in [0.2, 0.25) is 5.89 Å². The van der Waals surface area contributed by atoms with Crippen molar-refractivity contribution in [3.05, 3.63) is 11.7 Å². The first kappa shape index (κ1) is 15.6. The van der Waals surface area contributed by atoms with Crippen LogP contribution in [0.5, 0.6) is 0 Å². The largest absolute Gasteiger partial charge is 0.338 e. The normalized spacial score (nSPS) is 20.2. The fraction of sp³-hybridized carbons (Fsp3) is 0.778. The van der Waals surface area contributed by atoms with Crippen molar-refractivity contribution in [1.82, 2.24) is 15.0 Å². The van der Waals surface area contributed by atoms with E-state index in [-0.39, 0.29) is 24.8 Å². The number of aromatic nitrogens is 2. The standard InChI is InChI=1S/C9H16N4O.2ClH/c1-13-6-2-3-7(13)9-11-8(4-5-10)12-14-9;;/h7H,2-6,10H2,1H3;2*1H. The van der Waals surface area contributed by atoms with E-state index in [2.05, 4.69) is 22.1 Å². The van der Waals surface area contributed by atoms with Gasteiger partial charge < -0.3 is 10.3 Å². The predicted molar refractivity (Wildman–Crippen MR) is 66.2 cm³/mol. The Bertz CT molecular complexity index is 307. The van der Waals surface area contributed by atoms with Crippen LogP contribution in [-0.4, -0.2) is 35.2 Å². The van der Waals surface area contributed by atoms with Crippen LogP contribution in [0.4, 0.5) is 0 Å². The number of rotatable bonds is 3. The molecule has 1 saturated heterocycles. The van der Waals surface area contributed by atoms with Gasteiger partial charge in [0, 0.05) is 6.42 Å². The number of nitrogens with zero attached hydrogens (tertiary/aromatic N) is 3. The SMILES string of the molecule is CN1CCCC1c1nc(CCN)no1.Cl.Cl. The molecule has 1 atom stereocenters. The van der Waals surface area contributed by atoms with Crippen LogP contribution in [0, 0.1) is 0 Å². The lowest BCUT2D eigenvalue weighted by atomic mass is 10.2. The van der Waals surface area contributed by atoms with Crippen molar-refractivity contribution >= 4 is 24.8 Å². The average Bonchev–Trinajstić information content (AvgIpc) is 2.74. The third-order valence-corrected chi connectivity index (χ3v) is 2.66. The summed E-state index contributed by atoms with van der Waals surface area (Å²) in [5, 5.41) is 3.89. The van der Waals surface area contributed by atoms with E-state index < -0.39 is 0 Å². The molecular formula is C9H18Cl2N4O. The molecule has 1 aliphatic heterocycles. The van der Waals surface area contributed by atoms with Crippen molar-refractivity contribution in [2.24, 2.45) is 5.73 Å². The zero-order valence-corrected chi connectivity index (χ0v) is 10.9. The van der Waals surface area contributed by atoms with E-state index in [1.54, 1.807) is 0 Å². The number of hydrogen-bond acceptors (Lipinski definition) is 5. The molecule has 5 nitrogen and oxygen atoms in total. The monoisotopic (exact) mass is 268 g/mol. The van der Waals surface area contributed by atoms with Gasteiger partial charge in [0.15, 0.2) is 5.82 Å². The Morgan fingerprint density at radius 3 is 2.81 bits per heavy atom. The molecule has 1 unspecified atom stereocenters. The van der Waals surface area contributed by atoms with E-state index in [9.17, 15) is 0 Å². The molecule has 94 valence electrons. The van der Waals surface area contributed by atoms with Gasteiger partial charge in [-0.25, -0.2) is 0 Å². The van der Waals surface area contributed by atoms with Gasteiger partial charge in [0.25, 0.3) is 0 Å². The van der Waals surface area contributed by atoms with E-state index >= 15 is 0 Å². The molecule has 2 rings (SSSR count). The van der Waals surface area contributed by atoms with Crippen LogP contribution in [0.3, 0.4) is 0 Å². The first-order chi connectivity index (χ1) is 6.81. The maximum absolute atomic E-state index is 5.42. The van der Waals surface area contributed by atoms with Gasteiger partial charge >= 0.3 is 0 Å². The molecule has 0 radical (unpaired) electrons. The summed E-state index contributed by atoms with van der Waals surface area (Å²) in [4.78, 5) is 6.58. The van der Waals surface area contributed by atoms with Crippen molar-refractivity contribution in [3.8, 4) is 0 Å². The Morgan fingerprint density at radius 1 is 1.50 bits per heavy atom. The van der Waals surface area contributed by atoms with Crippen LogP contribution in [0.1, 0.15) is 30.6 Å². The van der Waals surface area contributed by atoms with Crippen LogP contribution < -0.4 is 5.73 Å². The van der Waals surface area contributed by atoms with E-state index in [0.29, 0.717) is 19.0 Å². The molecule has 7 heteroatoms. The van der Waals surface area contributed by atoms with E-state index in [4.69, 9.17) is 10.3 Å². The molecule has 1 aromatic rings. The molecule has 16 heavy (non-hydrogen) atoms. The van der Waals surface area contributed by atoms with Gasteiger partial charge in [-0.2, -0.15) is 4.98 Å². The summed E-state index contributed by atoms with van der Waals surface area (Å²) in [6.07, 6.45) is 3.01. The van der Waals surface area contributed by atoms with Crippen LogP contribution in [0.2, 0.25) is 0 Å². The van der Waals surface area contributed by atoms with Crippen molar-refractivity contribution in [2.45, 2.75) is 25.3 Å². The Labute approximate surface area is 108 Å². The Balaban J connectivity index is 0.00000112. The molecule has 1 fully saturated rings. The Morgan fingerprint density at radius 2 is 2.25 bits per heavy atom. The highest BCUT2D eigenvalue weighted by Crippen LogP contribution is 2.28. The molecule has 0 bridgehead atoms. The topological polar surface area (TPSA) is 68.2 Å². The van der Waals surface area contributed by atoms with Gasteiger partial charge in [0.1, 0.15) is 0 Å². The summed E-state index contributed by atoms with van der Waals surface area (Å²) in [6, 6.07) is 0.314. The Kier molecular flexibility index (Phi) is 6.90. The molecule has 2 heterocycles. The maximum atomic E-state index is 5.42. The molecule has 0 aromatic carbocycles. The fourth-order valence-corrected chi connectivity index (χ4v) is 1.86. The molecule has 0 spiro atoms. The zero-order chi connectivity index (χ0) is 9.97. The minimum Gasteiger partial charge on any atom is -0.338 e. The second kappa shape index (κ2) is 7.06. The maximum Gasteiger partial charge on any atom is 0.243 e. The summed E-state index contributed by atoms with van der Waals surface area (Å²) in [6.45, 7) is 1.68. The third kappa shape index (κ3) is 3.31. The first-order valence-corrected chi connectivity index (χ1v) is 5.04. The highest BCUT2D eigenvalue weighted by Gasteiger charge is 2.27. The molecule has 0 aliphatic carbocycles. The quantitative estimate of drug-likeness (QED) is 0.892. The fourth-order valence-electron chi connectivity index (χ4n) is 1.86. The number of nitrogens with two attached hydrogens (primary N) is 1. The van der Waals surface area contributed by atoms with E-state index in [1.165, 1.54) is 6.42 Å².